The third-order valence-electron chi connectivity index (χ3n) is 2.88. The van der Waals surface area contributed by atoms with E-state index in [-0.39, 0.29) is 13.0 Å². The first kappa shape index (κ1) is 15.1. The van der Waals surface area contributed by atoms with Crippen LogP contribution in [0.15, 0.2) is 27.4 Å². The molecule has 8 heteroatoms. The Hall–Kier alpha value is -2.28. The molecule has 1 atom stereocenters. The number of primary amides is 1. The number of ether oxygens (including phenoxy) is 1. The normalized spacial score (nSPS) is 12.3. The maximum absolute atomic E-state index is 11.7. The van der Waals surface area contributed by atoms with E-state index in [2.05, 4.69) is 0 Å². The fraction of sp³-hybridized carbons (Fsp3) is 0.308. The molecule has 1 aromatic carbocycles. The van der Waals surface area contributed by atoms with Crippen LogP contribution in [-0.2, 0) is 20.9 Å². The summed E-state index contributed by atoms with van der Waals surface area (Å²) in [6.45, 7) is 1.44. The molecular formula is C13H13ClN2O5. The standard InChI is InChI=1S/C13H13ClN2O5/c1-7(12(15)18)20-11(17)4-5-16-9-3-2-8(14)6-10(9)21-13(16)19/h2-3,6-7H,4-5H2,1H3,(H2,15,18)/t7-/m0/s1. The van der Waals surface area contributed by atoms with Gasteiger partial charge in [0.25, 0.3) is 5.91 Å². The van der Waals surface area contributed by atoms with Gasteiger partial charge in [-0.15, -0.1) is 0 Å². The number of halogens is 1. The Balaban J connectivity index is 2.10. The maximum atomic E-state index is 11.7. The van der Waals surface area contributed by atoms with Gasteiger partial charge in [0.2, 0.25) is 0 Å². The van der Waals surface area contributed by atoms with Gasteiger partial charge in [-0.2, -0.15) is 0 Å². The Bertz CT molecular complexity index is 749. The largest absolute Gasteiger partial charge is 0.453 e. The highest BCUT2D eigenvalue weighted by molar-refractivity contribution is 6.31. The lowest BCUT2D eigenvalue weighted by Gasteiger charge is -2.09. The maximum Gasteiger partial charge on any atom is 0.419 e. The third-order valence-corrected chi connectivity index (χ3v) is 3.11. The van der Waals surface area contributed by atoms with Gasteiger partial charge in [-0.1, -0.05) is 11.6 Å². The lowest BCUT2D eigenvalue weighted by Crippen LogP contribution is -2.31. The Kier molecular flexibility index (Phi) is 4.32. The van der Waals surface area contributed by atoms with Crippen LogP contribution in [0.2, 0.25) is 5.02 Å². The second-order valence-electron chi connectivity index (χ2n) is 4.42. The Morgan fingerprint density at radius 1 is 1.48 bits per heavy atom. The fourth-order valence-corrected chi connectivity index (χ4v) is 1.93. The zero-order valence-corrected chi connectivity index (χ0v) is 11.9. The number of aryl methyl sites for hydroxylation is 1. The molecule has 2 aromatic rings. The summed E-state index contributed by atoms with van der Waals surface area (Å²) in [4.78, 5) is 34.1. The van der Waals surface area contributed by atoms with Gasteiger partial charge < -0.3 is 14.9 Å². The molecule has 2 rings (SSSR count). The number of carbonyl (C=O) groups is 2. The predicted molar refractivity (Wildman–Crippen MR) is 74.8 cm³/mol. The molecule has 2 N–H and O–H groups in total. The number of oxazole rings is 1. The molecule has 21 heavy (non-hydrogen) atoms. The first-order valence-electron chi connectivity index (χ1n) is 6.16. The average Bonchev–Trinajstić information content (AvgIpc) is 2.70. The third kappa shape index (κ3) is 3.43. The molecule has 0 aliphatic carbocycles. The van der Waals surface area contributed by atoms with Gasteiger partial charge in [0.05, 0.1) is 11.9 Å². The van der Waals surface area contributed by atoms with E-state index < -0.39 is 23.7 Å². The molecule has 1 heterocycles. The SMILES string of the molecule is C[C@H](OC(=O)CCn1c(=O)oc2cc(Cl)ccc21)C(N)=O. The number of nitrogens with two attached hydrogens (primary N) is 1. The highest BCUT2D eigenvalue weighted by Gasteiger charge is 2.16. The van der Waals surface area contributed by atoms with Crippen molar-refractivity contribution in [2.45, 2.75) is 26.0 Å². The molecule has 0 saturated heterocycles. The summed E-state index contributed by atoms with van der Waals surface area (Å²) in [7, 11) is 0. The molecule has 112 valence electrons. The van der Waals surface area contributed by atoms with Crippen LogP contribution >= 0.6 is 11.6 Å². The van der Waals surface area contributed by atoms with E-state index in [0.717, 1.165) is 0 Å². The van der Waals surface area contributed by atoms with Crippen molar-refractivity contribution < 1.29 is 18.7 Å². The van der Waals surface area contributed by atoms with Crippen LogP contribution in [0, 0.1) is 0 Å². The first-order chi connectivity index (χ1) is 9.88. The summed E-state index contributed by atoms with van der Waals surface area (Å²) < 4.78 is 11.1. The minimum atomic E-state index is -1.01. The second-order valence-corrected chi connectivity index (χ2v) is 4.85. The molecular weight excluding hydrogens is 300 g/mol. The van der Waals surface area contributed by atoms with Gasteiger partial charge in [0, 0.05) is 17.6 Å². The van der Waals surface area contributed by atoms with Crippen LogP contribution in [0.5, 0.6) is 0 Å². The zero-order valence-electron chi connectivity index (χ0n) is 11.2. The molecule has 0 radical (unpaired) electrons. The van der Waals surface area contributed by atoms with E-state index in [9.17, 15) is 14.4 Å². The zero-order chi connectivity index (χ0) is 15.6. The number of hydrogen-bond acceptors (Lipinski definition) is 5. The Morgan fingerprint density at radius 2 is 2.19 bits per heavy atom. The Labute approximate surface area is 124 Å². The fourth-order valence-electron chi connectivity index (χ4n) is 1.77. The number of amides is 1. The van der Waals surface area contributed by atoms with Crippen LogP contribution in [-0.4, -0.2) is 22.5 Å². The summed E-state index contributed by atoms with van der Waals surface area (Å²) in [6, 6.07) is 4.76. The lowest BCUT2D eigenvalue weighted by atomic mass is 10.3. The van der Waals surface area contributed by atoms with Crippen LogP contribution in [0.1, 0.15) is 13.3 Å². The number of fused-ring (bicyclic) bond motifs is 1. The van der Waals surface area contributed by atoms with Crippen molar-refractivity contribution in [3.63, 3.8) is 0 Å². The summed E-state index contributed by atoms with van der Waals surface area (Å²) in [5.74, 6) is -1.96. The summed E-state index contributed by atoms with van der Waals surface area (Å²) in [5, 5.41) is 0.443. The quantitative estimate of drug-likeness (QED) is 0.831. The molecule has 0 fully saturated rings. The Morgan fingerprint density at radius 3 is 2.86 bits per heavy atom. The van der Waals surface area contributed by atoms with Gasteiger partial charge in [0.15, 0.2) is 11.7 Å². The van der Waals surface area contributed by atoms with Crippen LogP contribution in [0.4, 0.5) is 0 Å². The molecule has 0 aliphatic heterocycles. The van der Waals surface area contributed by atoms with Crippen LogP contribution < -0.4 is 11.5 Å². The van der Waals surface area contributed by atoms with Gasteiger partial charge >= 0.3 is 11.7 Å². The minimum absolute atomic E-state index is 0.0672. The predicted octanol–water partition coefficient (Wildman–Crippen LogP) is 1.05. The number of carbonyl (C=O) groups excluding carboxylic acids is 2. The van der Waals surface area contributed by atoms with Crippen molar-refractivity contribution in [2.24, 2.45) is 5.73 Å². The number of rotatable bonds is 5. The monoisotopic (exact) mass is 312 g/mol. The van der Waals surface area contributed by atoms with Crippen molar-refractivity contribution >= 4 is 34.6 Å². The lowest BCUT2D eigenvalue weighted by molar-refractivity contribution is -0.153. The summed E-state index contributed by atoms with van der Waals surface area (Å²) in [5.41, 5.74) is 5.86. The number of nitrogens with zero attached hydrogens (tertiary/aromatic N) is 1. The van der Waals surface area contributed by atoms with E-state index in [1.807, 2.05) is 0 Å². The van der Waals surface area contributed by atoms with Crippen molar-refractivity contribution in [2.75, 3.05) is 0 Å². The highest BCUT2D eigenvalue weighted by Crippen LogP contribution is 2.18. The highest BCUT2D eigenvalue weighted by atomic mass is 35.5. The summed E-state index contributed by atoms with van der Waals surface area (Å²) >= 11 is 5.81. The number of hydrogen-bond donors (Lipinski definition) is 1. The van der Waals surface area contributed by atoms with E-state index >= 15 is 0 Å². The molecule has 7 nitrogen and oxygen atoms in total. The molecule has 0 unspecified atom stereocenters. The van der Waals surface area contributed by atoms with Gasteiger partial charge in [0.1, 0.15) is 0 Å². The van der Waals surface area contributed by atoms with Gasteiger partial charge in [-0.25, -0.2) is 4.79 Å². The van der Waals surface area contributed by atoms with E-state index in [1.165, 1.54) is 17.6 Å². The minimum Gasteiger partial charge on any atom is -0.453 e. The molecule has 1 amide bonds. The molecule has 1 aromatic heterocycles. The number of benzene rings is 1. The van der Waals surface area contributed by atoms with Crippen molar-refractivity contribution in [3.8, 4) is 0 Å². The van der Waals surface area contributed by atoms with Crippen molar-refractivity contribution in [1.82, 2.24) is 4.57 Å². The van der Waals surface area contributed by atoms with Crippen molar-refractivity contribution in [3.05, 3.63) is 33.8 Å². The van der Waals surface area contributed by atoms with Gasteiger partial charge in [-0.05, 0) is 19.1 Å². The molecule has 0 bridgehead atoms. The van der Waals surface area contributed by atoms with E-state index in [1.54, 1.807) is 12.1 Å². The van der Waals surface area contributed by atoms with Gasteiger partial charge in [-0.3, -0.25) is 14.2 Å². The van der Waals surface area contributed by atoms with Crippen LogP contribution in [0.25, 0.3) is 11.1 Å². The average molecular weight is 313 g/mol. The number of aromatic nitrogens is 1. The van der Waals surface area contributed by atoms with Crippen LogP contribution in [0.3, 0.4) is 0 Å². The molecule has 0 saturated carbocycles. The van der Waals surface area contributed by atoms with E-state index in [0.29, 0.717) is 16.1 Å². The smallest absolute Gasteiger partial charge is 0.419 e. The molecule has 0 spiro atoms. The summed E-state index contributed by atoms with van der Waals surface area (Å²) in [6.07, 6.45) is -1.09. The number of esters is 1. The van der Waals surface area contributed by atoms with Crippen molar-refractivity contribution in [1.29, 1.82) is 0 Å². The first-order valence-corrected chi connectivity index (χ1v) is 6.54. The molecule has 0 aliphatic rings. The second kappa shape index (κ2) is 6.01. The van der Waals surface area contributed by atoms with E-state index in [4.69, 9.17) is 26.5 Å². The topological polar surface area (TPSA) is 105 Å².